The molecule has 0 unspecified atom stereocenters. The molecule has 2 aromatic rings. The standard InChI is InChI=1S/C22H29N3O2/c1-17-8-10-18(11-9-17)20(25-14-12-24(2)13-15-25)16-23-22(26)19-6-4-5-7-21(19)27-3/h4-11,20H,12-16H2,1-3H3,(H,23,26)/p+2/t20-/m1/s1. The van der Waals surface area contributed by atoms with E-state index in [1.54, 1.807) is 23.0 Å². The van der Waals surface area contributed by atoms with E-state index in [9.17, 15) is 4.79 Å². The Balaban J connectivity index is 1.75. The molecule has 1 aliphatic rings. The molecule has 144 valence electrons. The molecule has 27 heavy (non-hydrogen) atoms. The van der Waals surface area contributed by atoms with E-state index in [1.165, 1.54) is 11.1 Å². The van der Waals surface area contributed by atoms with Crippen molar-refractivity contribution in [2.45, 2.75) is 13.0 Å². The number of benzene rings is 2. The number of amides is 1. The molecule has 1 fully saturated rings. The number of aryl methyl sites for hydroxylation is 1. The second-order valence-electron chi connectivity index (χ2n) is 7.49. The number of quaternary nitrogens is 2. The van der Waals surface area contributed by atoms with Crippen LogP contribution in [0.5, 0.6) is 5.75 Å². The Labute approximate surface area is 161 Å². The van der Waals surface area contributed by atoms with Crippen LogP contribution in [0.3, 0.4) is 0 Å². The topological polar surface area (TPSA) is 47.2 Å². The third-order valence-corrected chi connectivity index (χ3v) is 5.54. The average molecular weight is 370 g/mol. The molecule has 5 heteroatoms. The highest BCUT2D eigenvalue weighted by atomic mass is 16.5. The first kappa shape index (κ1) is 19.4. The van der Waals surface area contributed by atoms with Crippen LogP contribution in [0, 0.1) is 6.92 Å². The fraction of sp³-hybridized carbons (Fsp3) is 0.409. The highest BCUT2D eigenvalue weighted by Crippen LogP contribution is 2.17. The van der Waals surface area contributed by atoms with Crippen molar-refractivity contribution in [3.63, 3.8) is 0 Å². The van der Waals surface area contributed by atoms with Crippen molar-refractivity contribution in [1.29, 1.82) is 0 Å². The zero-order valence-corrected chi connectivity index (χ0v) is 16.5. The van der Waals surface area contributed by atoms with Gasteiger partial charge < -0.3 is 19.9 Å². The fourth-order valence-corrected chi connectivity index (χ4v) is 3.77. The van der Waals surface area contributed by atoms with Gasteiger partial charge in [0.1, 0.15) is 38.0 Å². The van der Waals surface area contributed by atoms with Crippen molar-refractivity contribution < 1.29 is 19.3 Å². The zero-order valence-electron chi connectivity index (χ0n) is 16.5. The Morgan fingerprint density at radius 1 is 1.07 bits per heavy atom. The third kappa shape index (κ3) is 4.87. The van der Waals surface area contributed by atoms with Gasteiger partial charge in [0.05, 0.1) is 26.3 Å². The van der Waals surface area contributed by atoms with Gasteiger partial charge in [0.25, 0.3) is 5.91 Å². The number of piperazine rings is 1. The molecule has 0 saturated carbocycles. The molecule has 3 rings (SSSR count). The molecule has 5 nitrogen and oxygen atoms in total. The number of hydrogen-bond acceptors (Lipinski definition) is 2. The minimum Gasteiger partial charge on any atom is -0.496 e. The molecular formula is C22H31N3O2+2. The number of carbonyl (C=O) groups excluding carboxylic acids is 1. The van der Waals surface area contributed by atoms with Crippen molar-refractivity contribution >= 4 is 5.91 Å². The Morgan fingerprint density at radius 3 is 2.41 bits per heavy atom. The van der Waals surface area contributed by atoms with E-state index >= 15 is 0 Å². The maximum atomic E-state index is 12.7. The number of ether oxygens (including phenoxy) is 1. The van der Waals surface area contributed by atoms with E-state index in [-0.39, 0.29) is 11.9 Å². The van der Waals surface area contributed by atoms with Gasteiger partial charge in [-0.15, -0.1) is 0 Å². The smallest absolute Gasteiger partial charge is 0.255 e. The summed E-state index contributed by atoms with van der Waals surface area (Å²) in [5.74, 6) is 0.529. The van der Waals surface area contributed by atoms with Crippen LogP contribution in [-0.4, -0.2) is 52.8 Å². The van der Waals surface area contributed by atoms with E-state index in [0.717, 1.165) is 26.2 Å². The number of hydrogen-bond donors (Lipinski definition) is 3. The van der Waals surface area contributed by atoms with Crippen LogP contribution in [-0.2, 0) is 0 Å². The van der Waals surface area contributed by atoms with Gasteiger partial charge >= 0.3 is 0 Å². The summed E-state index contributed by atoms with van der Waals surface area (Å²) in [6.07, 6.45) is 0. The maximum absolute atomic E-state index is 12.7. The number of nitrogens with one attached hydrogen (secondary N) is 3. The van der Waals surface area contributed by atoms with E-state index in [1.807, 2.05) is 18.2 Å². The van der Waals surface area contributed by atoms with Gasteiger partial charge in [-0.05, 0) is 19.1 Å². The van der Waals surface area contributed by atoms with Gasteiger partial charge in [0, 0.05) is 5.56 Å². The van der Waals surface area contributed by atoms with Crippen molar-refractivity contribution in [3.8, 4) is 5.75 Å². The summed E-state index contributed by atoms with van der Waals surface area (Å²) in [6, 6.07) is 16.3. The molecule has 0 radical (unpaired) electrons. The second kappa shape index (κ2) is 9.02. The lowest BCUT2D eigenvalue weighted by molar-refractivity contribution is -1.02. The first-order valence-corrected chi connectivity index (χ1v) is 9.72. The Kier molecular flexibility index (Phi) is 6.48. The number of rotatable bonds is 6. The molecule has 1 atom stereocenters. The number of carbonyl (C=O) groups is 1. The monoisotopic (exact) mass is 369 g/mol. The lowest BCUT2D eigenvalue weighted by Crippen LogP contribution is -3.27. The van der Waals surface area contributed by atoms with E-state index < -0.39 is 0 Å². The first-order valence-electron chi connectivity index (χ1n) is 9.72. The summed E-state index contributed by atoms with van der Waals surface area (Å²) in [7, 11) is 3.85. The van der Waals surface area contributed by atoms with E-state index in [0.29, 0.717) is 17.9 Å². The first-order chi connectivity index (χ1) is 13.1. The molecule has 0 aliphatic carbocycles. The minimum atomic E-state index is -0.0799. The highest BCUT2D eigenvalue weighted by molar-refractivity contribution is 5.96. The quantitative estimate of drug-likeness (QED) is 0.665. The van der Waals surface area contributed by atoms with Gasteiger partial charge in [-0.1, -0.05) is 42.0 Å². The number of likely N-dealkylation sites (N-methyl/N-ethyl adjacent to an activating group) is 1. The molecule has 1 aliphatic heterocycles. The lowest BCUT2D eigenvalue weighted by Gasteiger charge is -2.33. The van der Waals surface area contributed by atoms with Crippen LogP contribution in [0.2, 0.25) is 0 Å². The zero-order chi connectivity index (χ0) is 19.2. The van der Waals surface area contributed by atoms with Crippen LogP contribution < -0.4 is 19.9 Å². The van der Waals surface area contributed by atoms with E-state index in [2.05, 4.69) is 43.6 Å². The summed E-state index contributed by atoms with van der Waals surface area (Å²) in [6.45, 7) is 7.29. The number of para-hydroxylation sites is 1. The SMILES string of the molecule is COc1ccccc1C(=O)NC[C@H](c1ccc(C)cc1)[NH+]1CC[NH+](C)CC1. The molecule has 1 amide bonds. The van der Waals surface area contributed by atoms with Crippen LogP contribution >= 0.6 is 0 Å². The molecule has 3 N–H and O–H groups in total. The minimum absolute atomic E-state index is 0.0799. The summed E-state index contributed by atoms with van der Waals surface area (Å²) in [5.41, 5.74) is 3.13. The third-order valence-electron chi connectivity index (χ3n) is 5.54. The van der Waals surface area contributed by atoms with Crippen molar-refractivity contribution in [1.82, 2.24) is 5.32 Å². The van der Waals surface area contributed by atoms with Crippen molar-refractivity contribution in [3.05, 3.63) is 65.2 Å². The summed E-state index contributed by atoms with van der Waals surface area (Å²) in [5, 5.41) is 3.15. The van der Waals surface area contributed by atoms with Gasteiger partial charge in [0.2, 0.25) is 0 Å². The normalized spacial score (nSPS) is 20.7. The van der Waals surface area contributed by atoms with Crippen LogP contribution in [0.1, 0.15) is 27.5 Å². The molecule has 0 spiro atoms. The largest absolute Gasteiger partial charge is 0.496 e. The molecular weight excluding hydrogens is 338 g/mol. The lowest BCUT2D eigenvalue weighted by atomic mass is 10.0. The number of methoxy groups -OCH3 is 1. The summed E-state index contributed by atoms with van der Waals surface area (Å²) < 4.78 is 5.33. The molecule has 2 aromatic carbocycles. The molecule has 1 heterocycles. The predicted molar refractivity (Wildman–Crippen MR) is 107 cm³/mol. The Bertz CT molecular complexity index is 752. The Hall–Kier alpha value is -2.37. The van der Waals surface area contributed by atoms with Gasteiger partial charge in [-0.2, -0.15) is 0 Å². The van der Waals surface area contributed by atoms with Crippen LogP contribution in [0.4, 0.5) is 0 Å². The molecule has 0 bridgehead atoms. The van der Waals surface area contributed by atoms with Gasteiger partial charge in [0.15, 0.2) is 0 Å². The maximum Gasteiger partial charge on any atom is 0.255 e. The van der Waals surface area contributed by atoms with Crippen LogP contribution in [0.15, 0.2) is 48.5 Å². The predicted octanol–water partition coefficient (Wildman–Crippen LogP) is -0.112. The summed E-state index contributed by atoms with van der Waals surface area (Å²) >= 11 is 0. The highest BCUT2D eigenvalue weighted by Gasteiger charge is 2.29. The Morgan fingerprint density at radius 2 is 1.74 bits per heavy atom. The van der Waals surface area contributed by atoms with Crippen molar-refractivity contribution in [2.24, 2.45) is 0 Å². The molecule has 0 aromatic heterocycles. The second-order valence-corrected chi connectivity index (χ2v) is 7.49. The average Bonchev–Trinajstić information content (AvgIpc) is 2.70. The molecule has 1 saturated heterocycles. The fourth-order valence-electron chi connectivity index (χ4n) is 3.77. The van der Waals surface area contributed by atoms with Crippen LogP contribution in [0.25, 0.3) is 0 Å². The van der Waals surface area contributed by atoms with E-state index in [4.69, 9.17) is 4.74 Å². The van der Waals surface area contributed by atoms with Gasteiger partial charge in [-0.3, -0.25) is 4.79 Å². The van der Waals surface area contributed by atoms with Crippen molar-refractivity contribution in [2.75, 3.05) is 46.9 Å². The van der Waals surface area contributed by atoms with Gasteiger partial charge in [-0.25, -0.2) is 0 Å². The summed E-state index contributed by atoms with van der Waals surface area (Å²) in [4.78, 5) is 15.9.